The molecule has 138 valence electrons. The van der Waals surface area contributed by atoms with Crippen LogP contribution in [0.3, 0.4) is 0 Å². The minimum absolute atomic E-state index is 0.148. The van der Waals surface area contributed by atoms with Gasteiger partial charge in [-0.15, -0.1) is 0 Å². The summed E-state index contributed by atoms with van der Waals surface area (Å²) < 4.78 is 0.856. The lowest BCUT2D eigenvalue weighted by atomic mass is 10.1. The Bertz CT molecular complexity index is 751. The number of carbonyl (C=O) groups excluding carboxylic acids is 3. The van der Waals surface area contributed by atoms with Crippen molar-refractivity contribution >= 4 is 39.6 Å². The molecule has 2 unspecified atom stereocenters. The van der Waals surface area contributed by atoms with Crippen LogP contribution in [-0.2, 0) is 9.59 Å². The smallest absolute Gasteiger partial charge is 0.407 e. The third-order valence-corrected chi connectivity index (χ3v) is 5.24. The molecule has 2 saturated heterocycles. The van der Waals surface area contributed by atoms with Crippen molar-refractivity contribution in [3.8, 4) is 0 Å². The Morgan fingerprint density at radius 1 is 1.19 bits per heavy atom. The van der Waals surface area contributed by atoms with Crippen molar-refractivity contribution in [2.75, 3.05) is 19.6 Å². The number of halogens is 1. The van der Waals surface area contributed by atoms with Gasteiger partial charge in [-0.05, 0) is 25.0 Å². The molecule has 8 nitrogen and oxygen atoms in total. The molecule has 3 rings (SSSR count). The van der Waals surface area contributed by atoms with E-state index >= 15 is 0 Å². The summed E-state index contributed by atoms with van der Waals surface area (Å²) in [5.41, 5.74) is 0.490. The number of carboxylic acid groups (broad SMARTS) is 1. The van der Waals surface area contributed by atoms with E-state index in [0.29, 0.717) is 18.4 Å². The first-order valence-corrected chi connectivity index (χ1v) is 9.01. The van der Waals surface area contributed by atoms with E-state index < -0.39 is 12.1 Å². The van der Waals surface area contributed by atoms with Crippen LogP contribution in [0, 0.1) is 0 Å². The molecular weight excluding hydrogens is 406 g/mol. The van der Waals surface area contributed by atoms with Crippen LogP contribution in [-0.4, -0.2) is 70.3 Å². The molecule has 2 aliphatic rings. The van der Waals surface area contributed by atoms with Gasteiger partial charge >= 0.3 is 6.09 Å². The number of hydrogen-bond acceptors (Lipinski definition) is 4. The van der Waals surface area contributed by atoms with Crippen LogP contribution in [0.25, 0.3) is 0 Å². The van der Waals surface area contributed by atoms with Crippen molar-refractivity contribution in [2.24, 2.45) is 0 Å². The molecule has 2 fully saturated rings. The number of fused-ring (bicyclic) bond motifs is 1. The van der Waals surface area contributed by atoms with Crippen LogP contribution in [0.1, 0.15) is 23.2 Å². The fourth-order valence-electron chi connectivity index (χ4n) is 3.43. The number of benzene rings is 1. The average molecular weight is 424 g/mol. The largest absolute Gasteiger partial charge is 0.465 e. The molecular formula is C17H18BrN3O5. The second-order valence-corrected chi connectivity index (χ2v) is 7.27. The molecule has 0 bridgehead atoms. The Hall–Kier alpha value is -2.42. The topological polar surface area (TPSA) is 107 Å². The van der Waals surface area contributed by atoms with Gasteiger partial charge in [-0.3, -0.25) is 19.3 Å². The van der Waals surface area contributed by atoms with Crippen molar-refractivity contribution in [1.29, 1.82) is 0 Å². The standard InChI is InChI=1S/C17H18BrN3O5/c18-11-3-1-10(2-4-11)14(22)7-19-16(24)13-6-5-12-8-20(17(25)26)9-15(23)21(12)13/h1-4,12-13H,5-9H2,(H,19,24)(H,25,26). The predicted molar refractivity (Wildman–Crippen MR) is 94.7 cm³/mol. The van der Waals surface area contributed by atoms with E-state index in [9.17, 15) is 19.2 Å². The molecule has 0 aromatic heterocycles. The lowest BCUT2D eigenvalue weighted by Crippen LogP contribution is -2.59. The normalized spacial score (nSPS) is 22.1. The third-order valence-electron chi connectivity index (χ3n) is 4.71. The van der Waals surface area contributed by atoms with Gasteiger partial charge in [-0.2, -0.15) is 0 Å². The van der Waals surface area contributed by atoms with Gasteiger partial charge in [0.1, 0.15) is 12.6 Å². The number of Topliss-reactive ketones (excluding diaryl/α,β-unsaturated/α-hetero) is 1. The summed E-state index contributed by atoms with van der Waals surface area (Å²) in [6, 6.07) is 5.89. The van der Waals surface area contributed by atoms with E-state index in [1.54, 1.807) is 24.3 Å². The second-order valence-electron chi connectivity index (χ2n) is 6.36. The van der Waals surface area contributed by atoms with Gasteiger partial charge in [-0.1, -0.05) is 28.1 Å². The van der Waals surface area contributed by atoms with Crippen LogP contribution in [0.4, 0.5) is 4.79 Å². The van der Waals surface area contributed by atoms with Gasteiger partial charge in [-0.25, -0.2) is 4.79 Å². The number of nitrogens with one attached hydrogen (secondary N) is 1. The van der Waals surface area contributed by atoms with Gasteiger partial charge in [0.2, 0.25) is 11.8 Å². The minimum atomic E-state index is -1.13. The zero-order valence-corrected chi connectivity index (χ0v) is 15.4. The van der Waals surface area contributed by atoms with E-state index in [1.807, 2.05) is 0 Å². The lowest BCUT2D eigenvalue weighted by molar-refractivity contribution is -0.144. The SMILES string of the molecule is O=C(CNC(=O)C1CCC2CN(C(=O)O)CC(=O)N21)c1ccc(Br)cc1. The average Bonchev–Trinajstić information content (AvgIpc) is 3.04. The Morgan fingerprint density at radius 2 is 1.88 bits per heavy atom. The summed E-state index contributed by atoms with van der Waals surface area (Å²) in [5, 5.41) is 11.7. The number of piperazine rings is 1. The van der Waals surface area contributed by atoms with E-state index in [0.717, 1.165) is 9.37 Å². The van der Waals surface area contributed by atoms with Gasteiger partial charge in [0.15, 0.2) is 5.78 Å². The van der Waals surface area contributed by atoms with Gasteiger partial charge in [0.05, 0.1) is 12.6 Å². The highest BCUT2D eigenvalue weighted by Crippen LogP contribution is 2.28. The van der Waals surface area contributed by atoms with Gasteiger partial charge in [0.25, 0.3) is 0 Å². The second kappa shape index (κ2) is 7.45. The van der Waals surface area contributed by atoms with E-state index in [4.69, 9.17) is 5.11 Å². The summed E-state index contributed by atoms with van der Waals surface area (Å²) in [6.45, 7) is -0.180. The Kier molecular flexibility index (Phi) is 5.26. The van der Waals surface area contributed by atoms with Crippen LogP contribution in [0.5, 0.6) is 0 Å². The van der Waals surface area contributed by atoms with E-state index in [1.165, 1.54) is 4.90 Å². The van der Waals surface area contributed by atoms with E-state index in [2.05, 4.69) is 21.2 Å². The first-order valence-electron chi connectivity index (χ1n) is 8.22. The molecule has 9 heteroatoms. The minimum Gasteiger partial charge on any atom is -0.465 e. The highest BCUT2D eigenvalue weighted by Gasteiger charge is 2.45. The number of carbonyl (C=O) groups is 4. The Morgan fingerprint density at radius 3 is 2.54 bits per heavy atom. The first kappa shape index (κ1) is 18.4. The lowest BCUT2D eigenvalue weighted by Gasteiger charge is -2.38. The quantitative estimate of drug-likeness (QED) is 0.705. The zero-order valence-electron chi connectivity index (χ0n) is 13.9. The molecule has 1 aromatic carbocycles. The summed E-state index contributed by atoms with van der Waals surface area (Å²) in [4.78, 5) is 50.5. The molecule has 0 spiro atoms. The van der Waals surface area contributed by atoms with E-state index in [-0.39, 0.29) is 43.3 Å². The van der Waals surface area contributed by atoms with Crippen molar-refractivity contribution in [2.45, 2.75) is 24.9 Å². The molecule has 3 amide bonds. The van der Waals surface area contributed by atoms with Crippen LogP contribution < -0.4 is 5.32 Å². The highest BCUT2D eigenvalue weighted by molar-refractivity contribution is 9.10. The number of ketones is 1. The van der Waals surface area contributed by atoms with Crippen molar-refractivity contribution in [3.63, 3.8) is 0 Å². The zero-order chi connectivity index (χ0) is 18.8. The molecule has 0 radical (unpaired) electrons. The van der Waals surface area contributed by atoms with Gasteiger partial charge in [0, 0.05) is 16.6 Å². The van der Waals surface area contributed by atoms with Crippen molar-refractivity contribution < 1.29 is 24.3 Å². The van der Waals surface area contributed by atoms with Gasteiger partial charge < -0.3 is 15.3 Å². The number of amides is 3. The molecule has 2 N–H and O–H groups in total. The predicted octanol–water partition coefficient (Wildman–Crippen LogP) is 1.10. The third kappa shape index (κ3) is 3.72. The highest BCUT2D eigenvalue weighted by atomic mass is 79.9. The number of rotatable bonds is 4. The maximum absolute atomic E-state index is 12.5. The molecule has 1 aromatic rings. The molecule has 0 aliphatic carbocycles. The Labute approximate surface area is 158 Å². The summed E-state index contributed by atoms with van der Waals surface area (Å²) >= 11 is 3.29. The van der Waals surface area contributed by atoms with Crippen LogP contribution in [0.15, 0.2) is 28.7 Å². The summed E-state index contributed by atoms with van der Waals surface area (Å²) in [5.74, 6) is -0.974. The molecule has 26 heavy (non-hydrogen) atoms. The van der Waals surface area contributed by atoms with Crippen LogP contribution in [0.2, 0.25) is 0 Å². The fourth-order valence-corrected chi connectivity index (χ4v) is 3.69. The molecule has 2 atom stereocenters. The fraction of sp³-hybridized carbons (Fsp3) is 0.412. The van der Waals surface area contributed by atoms with Crippen molar-refractivity contribution in [3.05, 3.63) is 34.3 Å². The molecule has 0 saturated carbocycles. The number of hydrogen-bond donors (Lipinski definition) is 2. The maximum Gasteiger partial charge on any atom is 0.407 e. The number of nitrogens with zero attached hydrogens (tertiary/aromatic N) is 2. The molecule has 2 heterocycles. The molecule has 2 aliphatic heterocycles. The summed E-state index contributed by atoms with van der Waals surface area (Å²) in [6.07, 6.45) is -0.109. The Balaban J connectivity index is 1.59. The monoisotopic (exact) mass is 423 g/mol. The first-order chi connectivity index (χ1) is 12.4. The van der Waals surface area contributed by atoms with Crippen molar-refractivity contribution in [1.82, 2.24) is 15.1 Å². The maximum atomic E-state index is 12.5. The summed E-state index contributed by atoms with van der Waals surface area (Å²) in [7, 11) is 0. The van der Waals surface area contributed by atoms with Crippen LogP contribution >= 0.6 is 15.9 Å².